The summed E-state index contributed by atoms with van der Waals surface area (Å²) in [4.78, 5) is 36.0. The predicted octanol–water partition coefficient (Wildman–Crippen LogP) is 1.31. The fraction of sp³-hybridized carbons (Fsp3) is 0.750. The van der Waals surface area contributed by atoms with Crippen molar-refractivity contribution >= 4 is 17.8 Å². The number of carboxylic acids is 1. The largest absolute Gasteiger partial charge is 0.481 e. The molecule has 1 heterocycles. The van der Waals surface area contributed by atoms with Gasteiger partial charge in [0.1, 0.15) is 0 Å². The quantitative estimate of drug-likeness (QED) is 0.753. The molecule has 2 rings (SSSR count). The van der Waals surface area contributed by atoms with E-state index in [4.69, 9.17) is 5.11 Å². The molecule has 0 aromatic heterocycles. The second kappa shape index (κ2) is 4.47. The molecule has 2 amide bonds. The molecule has 2 fully saturated rings. The zero-order valence-corrected chi connectivity index (χ0v) is 9.78. The first-order valence-corrected chi connectivity index (χ1v) is 6.13. The van der Waals surface area contributed by atoms with Crippen LogP contribution in [-0.4, -0.2) is 33.3 Å². The number of likely N-dealkylation sites (tertiary alicyclic amines) is 1. The van der Waals surface area contributed by atoms with Gasteiger partial charge < -0.3 is 5.11 Å². The molecule has 17 heavy (non-hydrogen) atoms. The summed E-state index contributed by atoms with van der Waals surface area (Å²) in [6, 6.07) is 0. The summed E-state index contributed by atoms with van der Waals surface area (Å²) >= 11 is 0. The number of carbonyl (C=O) groups excluding carboxylic acids is 2. The van der Waals surface area contributed by atoms with Gasteiger partial charge in [-0.1, -0.05) is 12.8 Å². The van der Waals surface area contributed by atoms with E-state index in [9.17, 15) is 14.4 Å². The van der Waals surface area contributed by atoms with Gasteiger partial charge in [0.15, 0.2) is 0 Å². The monoisotopic (exact) mass is 239 g/mol. The van der Waals surface area contributed by atoms with Crippen molar-refractivity contribution in [1.82, 2.24) is 4.90 Å². The van der Waals surface area contributed by atoms with Crippen molar-refractivity contribution < 1.29 is 19.5 Å². The number of carbonyl (C=O) groups is 3. The number of carboxylic acid groups (broad SMARTS) is 1. The van der Waals surface area contributed by atoms with Crippen LogP contribution in [0.25, 0.3) is 0 Å². The van der Waals surface area contributed by atoms with E-state index in [0.717, 1.165) is 12.8 Å². The molecule has 5 heteroatoms. The van der Waals surface area contributed by atoms with Gasteiger partial charge in [-0.15, -0.1) is 0 Å². The number of rotatable bonds is 3. The molecule has 0 atom stereocenters. The van der Waals surface area contributed by atoms with Crippen LogP contribution in [0.5, 0.6) is 0 Å². The zero-order valence-electron chi connectivity index (χ0n) is 9.78. The van der Waals surface area contributed by atoms with Crippen LogP contribution in [0.1, 0.15) is 51.4 Å². The van der Waals surface area contributed by atoms with E-state index in [0.29, 0.717) is 32.1 Å². The fourth-order valence-corrected chi connectivity index (χ4v) is 3.08. The highest BCUT2D eigenvalue weighted by Crippen LogP contribution is 2.40. The number of imide groups is 1. The number of amides is 2. The first kappa shape index (κ1) is 12.1. The average Bonchev–Trinajstić information content (AvgIpc) is 2.65. The summed E-state index contributed by atoms with van der Waals surface area (Å²) in [5, 5.41) is 8.99. The van der Waals surface area contributed by atoms with Gasteiger partial charge in [0, 0.05) is 12.8 Å². The third-order valence-corrected chi connectivity index (χ3v) is 3.77. The standard InChI is InChI=1S/C12H17NO4/c14-9-4-3-5-10(15)13(9)12(8-11(16)17)6-1-2-7-12/h1-8H2,(H,16,17). The number of aliphatic carboxylic acids is 1. The summed E-state index contributed by atoms with van der Waals surface area (Å²) < 4.78 is 0. The molecule has 2 aliphatic rings. The summed E-state index contributed by atoms with van der Waals surface area (Å²) in [7, 11) is 0. The lowest BCUT2D eigenvalue weighted by Gasteiger charge is -2.41. The van der Waals surface area contributed by atoms with E-state index >= 15 is 0 Å². The highest BCUT2D eigenvalue weighted by atomic mass is 16.4. The predicted molar refractivity (Wildman–Crippen MR) is 59.2 cm³/mol. The van der Waals surface area contributed by atoms with Gasteiger partial charge in [-0.2, -0.15) is 0 Å². The van der Waals surface area contributed by atoms with Crippen LogP contribution in [0.2, 0.25) is 0 Å². The minimum absolute atomic E-state index is 0.107. The topological polar surface area (TPSA) is 74.7 Å². The molecule has 0 aromatic carbocycles. The Morgan fingerprint density at radius 3 is 2.12 bits per heavy atom. The minimum atomic E-state index is -0.932. The number of piperidine rings is 1. The van der Waals surface area contributed by atoms with Crippen LogP contribution in [0.4, 0.5) is 0 Å². The maximum absolute atomic E-state index is 11.9. The second-order valence-corrected chi connectivity index (χ2v) is 4.98. The molecule has 0 bridgehead atoms. The van der Waals surface area contributed by atoms with Crippen LogP contribution in [0.15, 0.2) is 0 Å². The molecule has 94 valence electrons. The number of nitrogens with zero attached hydrogens (tertiary/aromatic N) is 1. The maximum atomic E-state index is 11.9. The Hall–Kier alpha value is -1.39. The molecular weight excluding hydrogens is 222 g/mol. The third kappa shape index (κ3) is 2.18. The summed E-state index contributed by atoms with van der Waals surface area (Å²) in [5.74, 6) is -1.31. The average molecular weight is 239 g/mol. The number of hydrogen-bond acceptors (Lipinski definition) is 3. The molecule has 1 aliphatic heterocycles. The Balaban J connectivity index is 2.28. The van der Waals surface area contributed by atoms with Crippen LogP contribution in [-0.2, 0) is 14.4 Å². The molecule has 1 saturated heterocycles. The summed E-state index contributed by atoms with van der Waals surface area (Å²) in [6.07, 6.45) is 4.28. The fourth-order valence-electron chi connectivity index (χ4n) is 3.08. The molecule has 0 spiro atoms. The van der Waals surface area contributed by atoms with Crippen LogP contribution in [0, 0.1) is 0 Å². The minimum Gasteiger partial charge on any atom is -0.481 e. The molecule has 5 nitrogen and oxygen atoms in total. The molecule has 0 aromatic rings. The summed E-state index contributed by atoms with van der Waals surface area (Å²) in [6.45, 7) is 0. The Bertz CT molecular complexity index is 342. The Labute approximate surface area is 99.8 Å². The van der Waals surface area contributed by atoms with E-state index in [2.05, 4.69) is 0 Å². The van der Waals surface area contributed by atoms with Crippen molar-refractivity contribution in [2.24, 2.45) is 0 Å². The van der Waals surface area contributed by atoms with Gasteiger partial charge in [0.25, 0.3) is 0 Å². The van der Waals surface area contributed by atoms with Gasteiger partial charge in [0.2, 0.25) is 11.8 Å². The van der Waals surface area contributed by atoms with Gasteiger partial charge in [-0.25, -0.2) is 0 Å². The van der Waals surface area contributed by atoms with E-state index < -0.39 is 11.5 Å². The first-order valence-electron chi connectivity index (χ1n) is 6.13. The van der Waals surface area contributed by atoms with Crippen molar-refractivity contribution in [3.8, 4) is 0 Å². The Kier molecular flexibility index (Phi) is 3.17. The van der Waals surface area contributed by atoms with E-state index in [1.54, 1.807) is 0 Å². The van der Waals surface area contributed by atoms with Gasteiger partial charge in [-0.3, -0.25) is 19.3 Å². The normalized spacial score (nSPS) is 24.1. The van der Waals surface area contributed by atoms with Crippen LogP contribution < -0.4 is 0 Å². The zero-order chi connectivity index (χ0) is 12.5. The third-order valence-electron chi connectivity index (χ3n) is 3.77. The summed E-state index contributed by atoms with van der Waals surface area (Å²) in [5.41, 5.74) is -0.736. The molecule has 1 saturated carbocycles. The van der Waals surface area contributed by atoms with Crippen molar-refractivity contribution in [3.05, 3.63) is 0 Å². The van der Waals surface area contributed by atoms with Crippen LogP contribution in [0.3, 0.4) is 0 Å². The highest BCUT2D eigenvalue weighted by Gasteiger charge is 2.47. The molecular formula is C12H17NO4. The van der Waals surface area contributed by atoms with E-state index in [1.165, 1.54) is 4.90 Å². The van der Waals surface area contributed by atoms with Crippen molar-refractivity contribution in [1.29, 1.82) is 0 Å². The first-order chi connectivity index (χ1) is 8.05. The highest BCUT2D eigenvalue weighted by molar-refractivity contribution is 5.99. The Morgan fingerprint density at radius 2 is 1.65 bits per heavy atom. The molecule has 0 radical (unpaired) electrons. The molecule has 1 N–H and O–H groups in total. The lowest BCUT2D eigenvalue weighted by Crippen LogP contribution is -2.55. The lowest BCUT2D eigenvalue weighted by atomic mass is 9.88. The van der Waals surface area contributed by atoms with Crippen LogP contribution >= 0.6 is 0 Å². The van der Waals surface area contributed by atoms with Crippen molar-refractivity contribution in [2.45, 2.75) is 56.9 Å². The Morgan fingerprint density at radius 1 is 1.12 bits per heavy atom. The van der Waals surface area contributed by atoms with Crippen molar-refractivity contribution in [3.63, 3.8) is 0 Å². The SMILES string of the molecule is O=C(O)CC1(N2C(=O)CCCC2=O)CCCC1. The van der Waals surface area contributed by atoms with Gasteiger partial charge >= 0.3 is 5.97 Å². The second-order valence-electron chi connectivity index (χ2n) is 4.98. The van der Waals surface area contributed by atoms with E-state index in [1.807, 2.05) is 0 Å². The maximum Gasteiger partial charge on any atom is 0.305 e. The van der Waals surface area contributed by atoms with E-state index in [-0.39, 0.29) is 18.2 Å². The molecule has 0 unspecified atom stereocenters. The van der Waals surface area contributed by atoms with Gasteiger partial charge in [0.05, 0.1) is 12.0 Å². The van der Waals surface area contributed by atoms with Gasteiger partial charge in [-0.05, 0) is 19.3 Å². The smallest absolute Gasteiger partial charge is 0.305 e. The van der Waals surface area contributed by atoms with Crippen molar-refractivity contribution in [2.75, 3.05) is 0 Å². The number of hydrogen-bond donors (Lipinski definition) is 1. The lowest BCUT2D eigenvalue weighted by molar-refractivity contribution is -0.158. The molecule has 1 aliphatic carbocycles.